The minimum absolute atomic E-state index is 0.00421. The molecule has 212 valence electrons. The summed E-state index contributed by atoms with van der Waals surface area (Å²) in [6.07, 6.45) is 11.7. The van der Waals surface area contributed by atoms with Crippen molar-refractivity contribution in [3.05, 3.63) is 55.0 Å². The predicted octanol–water partition coefficient (Wildman–Crippen LogP) is 4.73. The van der Waals surface area contributed by atoms with Crippen LogP contribution in [0.15, 0.2) is 55.0 Å². The Balaban J connectivity index is 0.844. The highest BCUT2D eigenvalue weighted by Crippen LogP contribution is 3.00. The molecule has 41 heavy (non-hydrogen) atoms. The van der Waals surface area contributed by atoms with Crippen LogP contribution in [0.3, 0.4) is 0 Å². The Morgan fingerprint density at radius 2 is 1.88 bits per heavy atom. The lowest BCUT2D eigenvalue weighted by molar-refractivity contribution is -0.152. The Bertz CT molecular complexity index is 1660. The summed E-state index contributed by atoms with van der Waals surface area (Å²) in [4.78, 5) is 24.2. The maximum Gasteiger partial charge on any atom is 0.229 e. The molecule has 4 aromatic rings. The summed E-state index contributed by atoms with van der Waals surface area (Å²) in [7, 11) is 2.09. The van der Waals surface area contributed by atoms with Crippen LogP contribution in [0.5, 0.6) is 5.88 Å². The van der Waals surface area contributed by atoms with Gasteiger partial charge in [-0.25, -0.2) is 4.98 Å². The van der Waals surface area contributed by atoms with Crippen LogP contribution in [-0.2, 0) is 16.6 Å². The van der Waals surface area contributed by atoms with Crippen LogP contribution in [-0.4, -0.2) is 69.5 Å². The second-order valence-corrected chi connectivity index (χ2v) is 12.8. The van der Waals surface area contributed by atoms with Gasteiger partial charge in [-0.15, -0.1) is 0 Å². The fourth-order valence-corrected chi connectivity index (χ4v) is 8.23. The van der Waals surface area contributed by atoms with Crippen molar-refractivity contribution < 1.29 is 19.4 Å². The first-order valence-electron chi connectivity index (χ1n) is 14.9. The lowest BCUT2D eigenvalue weighted by Gasteiger charge is -2.43. The number of nitrogens with zero attached hydrogens (tertiary/aromatic N) is 4. The van der Waals surface area contributed by atoms with Crippen molar-refractivity contribution in [2.24, 2.45) is 23.3 Å². The number of ether oxygens (including phenoxy) is 2. The second kappa shape index (κ2) is 9.00. The summed E-state index contributed by atoms with van der Waals surface area (Å²) < 4.78 is 14.3. The van der Waals surface area contributed by atoms with Gasteiger partial charge in [0.15, 0.2) is 0 Å². The SMILES string of the molecule is Cn1c2ccncc2c2ccc(-c3ccc(OC4CN(C(=O)C56CC7(COCCCCCO)CC75C6)C4)nc3)cc21. The van der Waals surface area contributed by atoms with Crippen LogP contribution < -0.4 is 4.74 Å². The van der Waals surface area contributed by atoms with E-state index in [-0.39, 0.29) is 29.0 Å². The molecule has 4 aliphatic rings. The molecule has 1 aliphatic heterocycles. The van der Waals surface area contributed by atoms with Gasteiger partial charge in [-0.1, -0.05) is 12.1 Å². The normalized spacial score (nSPS) is 27.7. The molecule has 3 atom stereocenters. The lowest BCUT2D eigenvalue weighted by Crippen LogP contribution is -2.59. The van der Waals surface area contributed by atoms with E-state index in [1.54, 1.807) is 0 Å². The van der Waals surface area contributed by atoms with Crippen LogP contribution in [0, 0.1) is 16.2 Å². The quantitative estimate of drug-likeness (QED) is 0.271. The number of likely N-dealkylation sites (tertiary alicyclic amines) is 1. The van der Waals surface area contributed by atoms with Crippen molar-refractivity contribution in [3.63, 3.8) is 0 Å². The molecule has 4 fully saturated rings. The number of amides is 1. The number of hydrogen-bond acceptors (Lipinski definition) is 6. The molecular formula is C33H36N4O4. The zero-order valence-corrected chi connectivity index (χ0v) is 23.5. The zero-order valence-electron chi connectivity index (χ0n) is 23.5. The van der Waals surface area contributed by atoms with Crippen molar-refractivity contribution in [2.75, 3.05) is 32.9 Å². The first kappa shape index (κ1) is 25.2. The van der Waals surface area contributed by atoms with Gasteiger partial charge in [-0.2, -0.15) is 0 Å². The average molecular weight is 553 g/mol. The van der Waals surface area contributed by atoms with Crippen molar-refractivity contribution in [3.8, 4) is 17.0 Å². The number of aromatic nitrogens is 3. The van der Waals surface area contributed by atoms with E-state index < -0.39 is 0 Å². The maximum absolute atomic E-state index is 13.4. The average Bonchev–Trinajstić information content (AvgIpc) is 3.68. The summed E-state index contributed by atoms with van der Waals surface area (Å²) in [5.74, 6) is 0.931. The van der Waals surface area contributed by atoms with Crippen LogP contribution in [0.25, 0.3) is 32.9 Å². The third-order valence-corrected chi connectivity index (χ3v) is 10.6. The Kier molecular flexibility index (Phi) is 5.54. The molecule has 0 bridgehead atoms. The Morgan fingerprint density at radius 3 is 2.68 bits per heavy atom. The highest BCUT2D eigenvalue weighted by molar-refractivity contribution is 6.08. The van der Waals surface area contributed by atoms with E-state index in [1.807, 2.05) is 35.6 Å². The van der Waals surface area contributed by atoms with Gasteiger partial charge in [0.1, 0.15) is 6.10 Å². The Morgan fingerprint density at radius 1 is 1.00 bits per heavy atom. The van der Waals surface area contributed by atoms with Crippen molar-refractivity contribution in [1.82, 2.24) is 19.4 Å². The first-order chi connectivity index (χ1) is 20.0. The molecular weight excluding hydrogens is 516 g/mol. The van der Waals surface area contributed by atoms with Gasteiger partial charge in [0, 0.05) is 72.2 Å². The van der Waals surface area contributed by atoms with Gasteiger partial charge < -0.3 is 24.0 Å². The van der Waals surface area contributed by atoms with Crippen molar-refractivity contribution in [2.45, 2.75) is 44.6 Å². The predicted molar refractivity (Wildman–Crippen MR) is 155 cm³/mol. The number of pyridine rings is 2. The van der Waals surface area contributed by atoms with Gasteiger partial charge in [-0.05, 0) is 67.7 Å². The number of fused-ring (bicyclic) bond motifs is 3. The van der Waals surface area contributed by atoms with Gasteiger partial charge in [0.25, 0.3) is 0 Å². The van der Waals surface area contributed by atoms with Crippen LogP contribution in [0.2, 0.25) is 0 Å². The lowest BCUT2D eigenvalue weighted by atomic mass is 9.73. The molecule has 3 aromatic heterocycles. The number of rotatable bonds is 11. The summed E-state index contributed by atoms with van der Waals surface area (Å²) in [6.45, 7) is 3.09. The van der Waals surface area contributed by atoms with E-state index in [9.17, 15) is 4.79 Å². The van der Waals surface area contributed by atoms with Gasteiger partial charge in [-0.3, -0.25) is 9.78 Å². The Labute approximate surface area is 239 Å². The maximum atomic E-state index is 13.4. The summed E-state index contributed by atoms with van der Waals surface area (Å²) in [5, 5.41) is 11.3. The number of aliphatic hydroxyl groups is 1. The number of hydrogen-bond donors (Lipinski definition) is 1. The van der Waals surface area contributed by atoms with Crippen LogP contribution in [0.1, 0.15) is 38.5 Å². The second-order valence-electron chi connectivity index (χ2n) is 12.8. The highest BCUT2D eigenvalue weighted by Gasteiger charge is 2.98. The molecule has 3 unspecified atom stereocenters. The molecule has 8 nitrogen and oxygen atoms in total. The number of carbonyl (C=O) groups excluding carboxylic acids is 1. The third-order valence-electron chi connectivity index (χ3n) is 10.6. The third kappa shape index (κ3) is 3.63. The molecule has 1 N–H and O–H groups in total. The highest BCUT2D eigenvalue weighted by atomic mass is 16.5. The smallest absolute Gasteiger partial charge is 0.229 e. The van der Waals surface area contributed by atoms with Gasteiger partial charge in [0.2, 0.25) is 11.8 Å². The molecule has 8 heteroatoms. The minimum atomic E-state index is -0.111. The molecule has 3 aliphatic carbocycles. The summed E-state index contributed by atoms with van der Waals surface area (Å²) >= 11 is 0. The van der Waals surface area contributed by atoms with Crippen LogP contribution in [0.4, 0.5) is 0 Å². The molecule has 3 saturated carbocycles. The van der Waals surface area contributed by atoms with Gasteiger partial charge in [0.05, 0.1) is 30.6 Å². The molecule has 8 rings (SSSR count). The molecule has 1 saturated heterocycles. The Hall–Kier alpha value is -3.49. The number of benzene rings is 1. The van der Waals surface area contributed by atoms with E-state index in [0.29, 0.717) is 24.9 Å². The largest absolute Gasteiger partial charge is 0.471 e. The molecule has 0 radical (unpaired) electrons. The van der Waals surface area contributed by atoms with E-state index in [1.165, 1.54) is 16.4 Å². The van der Waals surface area contributed by atoms with Crippen LogP contribution >= 0.6 is 0 Å². The fourth-order valence-electron chi connectivity index (χ4n) is 8.23. The number of aliphatic hydroxyl groups excluding tert-OH is 1. The molecule has 1 aromatic carbocycles. The van der Waals surface area contributed by atoms with Crippen molar-refractivity contribution >= 4 is 27.7 Å². The van der Waals surface area contributed by atoms with E-state index in [4.69, 9.17) is 14.6 Å². The molecule has 4 heterocycles. The fraction of sp³-hybridized carbons (Fsp3) is 0.485. The number of carbonyl (C=O) groups is 1. The zero-order chi connectivity index (χ0) is 27.8. The number of aryl methyl sites for hydroxylation is 1. The monoisotopic (exact) mass is 552 g/mol. The van der Waals surface area contributed by atoms with Crippen molar-refractivity contribution in [1.29, 1.82) is 0 Å². The van der Waals surface area contributed by atoms with E-state index in [2.05, 4.69) is 45.8 Å². The number of unbranched alkanes of at least 4 members (excludes halogenated alkanes) is 2. The minimum Gasteiger partial charge on any atom is -0.471 e. The summed E-state index contributed by atoms with van der Waals surface area (Å²) in [5.41, 5.74) is 4.87. The molecule has 1 amide bonds. The standard InChI is InChI=1S/C33H36N4O4/c1-36-27-9-10-34-15-26(27)25-7-5-22(13-28(25)36)23-6-8-29(35-14-23)41-24-16-37(17-24)30(39)32-18-31(19-33(31,32)20-32)21-40-12-4-2-3-11-38/h5-10,13-15,24,38H,2-4,11-12,16-21H2,1H3. The van der Waals surface area contributed by atoms with E-state index >= 15 is 0 Å². The summed E-state index contributed by atoms with van der Waals surface area (Å²) in [6, 6.07) is 12.5. The topological polar surface area (TPSA) is 89.7 Å². The molecule has 1 spiro atoms. The van der Waals surface area contributed by atoms with E-state index in [0.717, 1.165) is 68.3 Å². The van der Waals surface area contributed by atoms with Gasteiger partial charge >= 0.3 is 0 Å². The first-order valence-corrected chi connectivity index (χ1v) is 14.9.